The van der Waals surface area contributed by atoms with Gasteiger partial charge in [-0.1, -0.05) is 194 Å². The highest BCUT2D eigenvalue weighted by atomic mass is 16.7. The molecular formula is C44H86O9. The van der Waals surface area contributed by atoms with Crippen LogP contribution in [0.3, 0.4) is 0 Å². The van der Waals surface area contributed by atoms with Crippen molar-refractivity contribution in [3.8, 4) is 0 Å². The zero-order valence-electron chi connectivity index (χ0n) is 34.5. The average Bonchev–Trinajstić information content (AvgIpc) is 3.16. The summed E-state index contributed by atoms with van der Waals surface area (Å²) in [5, 5.41) is 40.0. The average molecular weight is 759 g/mol. The van der Waals surface area contributed by atoms with E-state index in [1.54, 1.807) is 0 Å². The van der Waals surface area contributed by atoms with Crippen LogP contribution in [0.15, 0.2) is 0 Å². The van der Waals surface area contributed by atoms with Crippen LogP contribution in [-0.2, 0) is 23.7 Å². The molecule has 9 heteroatoms. The Balaban J connectivity index is 2.19. The van der Waals surface area contributed by atoms with Gasteiger partial charge in [-0.3, -0.25) is 4.79 Å². The lowest BCUT2D eigenvalue weighted by atomic mass is 9.99. The number of hydrogen-bond acceptors (Lipinski definition) is 9. The van der Waals surface area contributed by atoms with E-state index in [1.165, 1.54) is 161 Å². The van der Waals surface area contributed by atoms with Crippen LogP contribution >= 0.6 is 0 Å². The standard InChI is InChI=1S/C44H86O9/c1-3-5-7-9-11-13-15-16-17-18-19-20-21-22-23-24-25-27-29-31-33-40(46)52-38(36-50-34-32-30-28-26-14-12-10-8-6-4-2)37-51-44-43(49)42(48)41(47)39(35-45)53-44/h38-39,41-45,47-49H,3-37H2,1-2H3. The van der Waals surface area contributed by atoms with E-state index < -0.39 is 43.4 Å². The van der Waals surface area contributed by atoms with E-state index in [0.29, 0.717) is 13.0 Å². The first-order valence-corrected chi connectivity index (χ1v) is 22.6. The number of ether oxygens (including phenoxy) is 4. The first-order chi connectivity index (χ1) is 25.9. The summed E-state index contributed by atoms with van der Waals surface area (Å²) in [4.78, 5) is 12.8. The number of carbonyl (C=O) groups excluding carboxylic acids is 1. The van der Waals surface area contributed by atoms with Crippen molar-refractivity contribution < 1.29 is 44.2 Å². The molecule has 0 aromatic rings. The summed E-state index contributed by atoms with van der Waals surface area (Å²) in [6.45, 7) is 4.59. The second-order valence-electron chi connectivity index (χ2n) is 15.9. The molecule has 1 saturated heterocycles. The van der Waals surface area contributed by atoms with E-state index in [-0.39, 0.29) is 19.2 Å². The fraction of sp³-hybridized carbons (Fsp3) is 0.977. The minimum Gasteiger partial charge on any atom is -0.457 e. The van der Waals surface area contributed by atoms with Crippen molar-refractivity contribution in [2.45, 2.75) is 250 Å². The molecule has 1 aliphatic heterocycles. The van der Waals surface area contributed by atoms with Gasteiger partial charge in [-0.25, -0.2) is 0 Å². The van der Waals surface area contributed by atoms with Gasteiger partial charge in [-0.2, -0.15) is 0 Å². The summed E-state index contributed by atoms with van der Waals surface area (Å²) in [5.74, 6) is -0.308. The Bertz CT molecular complexity index is 782. The molecule has 316 valence electrons. The van der Waals surface area contributed by atoms with Crippen molar-refractivity contribution in [3.05, 3.63) is 0 Å². The van der Waals surface area contributed by atoms with Crippen molar-refractivity contribution in [2.75, 3.05) is 26.4 Å². The highest BCUT2D eigenvalue weighted by Gasteiger charge is 2.44. The third kappa shape index (κ3) is 28.3. The molecule has 0 bridgehead atoms. The highest BCUT2D eigenvalue weighted by Crippen LogP contribution is 2.23. The van der Waals surface area contributed by atoms with Gasteiger partial charge in [0.25, 0.3) is 0 Å². The van der Waals surface area contributed by atoms with E-state index in [1.807, 2.05) is 0 Å². The van der Waals surface area contributed by atoms with Crippen LogP contribution in [0.2, 0.25) is 0 Å². The molecule has 1 rings (SSSR count). The summed E-state index contributed by atoms with van der Waals surface area (Å²) in [6.07, 6.45) is 31.3. The quantitative estimate of drug-likeness (QED) is 0.0357. The molecule has 0 aromatic carbocycles. The van der Waals surface area contributed by atoms with E-state index in [9.17, 15) is 25.2 Å². The Hall–Kier alpha value is -0.810. The largest absolute Gasteiger partial charge is 0.457 e. The molecule has 0 aromatic heterocycles. The predicted octanol–water partition coefficient (Wildman–Crippen LogP) is 9.86. The number of rotatable bonds is 39. The minimum absolute atomic E-state index is 0.105. The van der Waals surface area contributed by atoms with Crippen molar-refractivity contribution >= 4 is 5.97 Å². The van der Waals surface area contributed by atoms with E-state index in [2.05, 4.69) is 13.8 Å². The monoisotopic (exact) mass is 759 g/mol. The third-order valence-electron chi connectivity index (χ3n) is 10.8. The van der Waals surface area contributed by atoms with Crippen LogP contribution in [0.4, 0.5) is 0 Å². The molecule has 0 amide bonds. The maximum absolute atomic E-state index is 12.8. The van der Waals surface area contributed by atoms with Gasteiger partial charge in [0.05, 0.1) is 19.8 Å². The van der Waals surface area contributed by atoms with E-state index >= 15 is 0 Å². The first-order valence-electron chi connectivity index (χ1n) is 22.6. The van der Waals surface area contributed by atoms with Crippen molar-refractivity contribution in [2.24, 2.45) is 0 Å². The molecule has 4 N–H and O–H groups in total. The lowest BCUT2D eigenvalue weighted by Gasteiger charge is -2.39. The fourth-order valence-electron chi connectivity index (χ4n) is 7.20. The molecule has 0 radical (unpaired) electrons. The van der Waals surface area contributed by atoms with Crippen molar-refractivity contribution in [3.63, 3.8) is 0 Å². The summed E-state index contributed by atoms with van der Waals surface area (Å²) in [6, 6.07) is 0. The number of aliphatic hydroxyl groups excluding tert-OH is 4. The van der Waals surface area contributed by atoms with Gasteiger partial charge in [0.1, 0.15) is 30.5 Å². The van der Waals surface area contributed by atoms with Crippen LogP contribution in [-0.4, -0.2) is 89.6 Å². The van der Waals surface area contributed by atoms with E-state index in [4.69, 9.17) is 18.9 Å². The van der Waals surface area contributed by atoms with Gasteiger partial charge in [-0.15, -0.1) is 0 Å². The molecule has 1 fully saturated rings. The molecule has 0 saturated carbocycles. The lowest BCUT2D eigenvalue weighted by Crippen LogP contribution is -2.59. The Kier molecular flexibility index (Phi) is 34.9. The summed E-state index contributed by atoms with van der Waals surface area (Å²) < 4.78 is 22.8. The summed E-state index contributed by atoms with van der Waals surface area (Å²) in [7, 11) is 0. The Morgan fingerprint density at radius 3 is 1.34 bits per heavy atom. The molecular weight excluding hydrogens is 672 g/mol. The normalized spacial score (nSPS) is 20.9. The van der Waals surface area contributed by atoms with Crippen LogP contribution in [0.1, 0.15) is 213 Å². The predicted molar refractivity (Wildman–Crippen MR) is 215 cm³/mol. The number of carbonyl (C=O) groups is 1. The molecule has 1 aliphatic rings. The maximum Gasteiger partial charge on any atom is 0.306 e. The van der Waals surface area contributed by atoms with Crippen LogP contribution in [0, 0.1) is 0 Å². The van der Waals surface area contributed by atoms with Crippen LogP contribution in [0.5, 0.6) is 0 Å². The zero-order chi connectivity index (χ0) is 38.6. The second kappa shape index (κ2) is 36.8. The van der Waals surface area contributed by atoms with Gasteiger partial charge >= 0.3 is 5.97 Å². The first kappa shape index (κ1) is 50.2. The van der Waals surface area contributed by atoms with Crippen LogP contribution < -0.4 is 0 Å². The topological polar surface area (TPSA) is 135 Å². The Morgan fingerprint density at radius 1 is 0.528 bits per heavy atom. The highest BCUT2D eigenvalue weighted by molar-refractivity contribution is 5.69. The lowest BCUT2D eigenvalue weighted by molar-refractivity contribution is -0.305. The number of hydrogen-bond donors (Lipinski definition) is 4. The van der Waals surface area contributed by atoms with Crippen LogP contribution in [0.25, 0.3) is 0 Å². The summed E-state index contributed by atoms with van der Waals surface area (Å²) in [5.41, 5.74) is 0. The number of unbranched alkanes of at least 4 members (excludes halogenated alkanes) is 28. The van der Waals surface area contributed by atoms with E-state index in [0.717, 1.165) is 32.1 Å². The number of aliphatic hydroxyl groups is 4. The van der Waals surface area contributed by atoms with Gasteiger partial charge in [0.15, 0.2) is 6.29 Å². The smallest absolute Gasteiger partial charge is 0.306 e. The van der Waals surface area contributed by atoms with Gasteiger partial charge in [0.2, 0.25) is 0 Å². The molecule has 0 aliphatic carbocycles. The third-order valence-corrected chi connectivity index (χ3v) is 10.8. The SMILES string of the molecule is CCCCCCCCCCCCCCCCCCCCCCC(=O)OC(COCCCCCCCCCCCC)COC1OC(CO)C(O)C(O)C1O. The van der Waals surface area contributed by atoms with Crippen molar-refractivity contribution in [1.82, 2.24) is 0 Å². The van der Waals surface area contributed by atoms with Crippen molar-refractivity contribution in [1.29, 1.82) is 0 Å². The fourth-order valence-corrected chi connectivity index (χ4v) is 7.20. The number of esters is 1. The van der Waals surface area contributed by atoms with Gasteiger partial charge in [0, 0.05) is 13.0 Å². The molecule has 0 spiro atoms. The van der Waals surface area contributed by atoms with Gasteiger partial charge in [-0.05, 0) is 12.8 Å². The Labute approximate surface area is 325 Å². The second-order valence-corrected chi connectivity index (χ2v) is 15.9. The zero-order valence-corrected chi connectivity index (χ0v) is 34.5. The van der Waals surface area contributed by atoms with Gasteiger partial charge < -0.3 is 39.4 Å². The minimum atomic E-state index is -1.53. The molecule has 53 heavy (non-hydrogen) atoms. The summed E-state index contributed by atoms with van der Waals surface area (Å²) >= 11 is 0. The Morgan fingerprint density at radius 2 is 0.925 bits per heavy atom. The molecule has 6 atom stereocenters. The molecule has 6 unspecified atom stereocenters. The maximum atomic E-state index is 12.8. The molecule has 9 nitrogen and oxygen atoms in total. The molecule has 1 heterocycles.